The summed E-state index contributed by atoms with van der Waals surface area (Å²) in [6, 6.07) is 0. The van der Waals surface area contributed by atoms with E-state index in [2.05, 4.69) is 0 Å². The summed E-state index contributed by atoms with van der Waals surface area (Å²) in [5.74, 6) is -1.95. The molecule has 1 aliphatic carbocycles. The molecule has 0 aromatic rings. The smallest absolute Gasteiger partial charge is 0.326 e. The fraction of sp³-hybridized carbons (Fsp3) is 0.583. The summed E-state index contributed by atoms with van der Waals surface area (Å²) in [5, 5.41) is 0.607. The minimum atomic E-state index is -0.558. The molecule has 0 unspecified atom stereocenters. The lowest BCUT2D eigenvalue weighted by Crippen LogP contribution is -2.36. The molecule has 18 heavy (non-hydrogen) atoms. The number of imide groups is 1. The SMILES string of the molecule is CCOC(=O)CN1C(=O)[C@@H]2CC=C(Cl)C[C@H]2C1=O. The third kappa shape index (κ3) is 2.27. The Morgan fingerprint density at radius 1 is 1.44 bits per heavy atom. The van der Waals surface area contributed by atoms with Crippen LogP contribution >= 0.6 is 11.6 Å². The first kappa shape index (κ1) is 13.1. The van der Waals surface area contributed by atoms with Crippen LogP contribution in [0.25, 0.3) is 0 Å². The molecule has 0 radical (unpaired) electrons. The maximum Gasteiger partial charge on any atom is 0.326 e. The Bertz CT molecular complexity index is 432. The summed E-state index contributed by atoms with van der Waals surface area (Å²) >= 11 is 5.89. The summed E-state index contributed by atoms with van der Waals surface area (Å²) in [7, 11) is 0. The Kier molecular flexibility index (Phi) is 3.71. The number of hydrogen-bond donors (Lipinski definition) is 0. The van der Waals surface area contributed by atoms with Gasteiger partial charge < -0.3 is 4.74 Å². The molecule has 2 rings (SSSR count). The second-order valence-corrected chi connectivity index (χ2v) is 4.86. The van der Waals surface area contributed by atoms with Gasteiger partial charge in [-0.25, -0.2) is 0 Å². The van der Waals surface area contributed by atoms with Crippen molar-refractivity contribution in [2.45, 2.75) is 19.8 Å². The number of esters is 1. The van der Waals surface area contributed by atoms with Crippen molar-refractivity contribution in [3.8, 4) is 0 Å². The summed E-state index contributed by atoms with van der Waals surface area (Å²) < 4.78 is 4.75. The highest BCUT2D eigenvalue weighted by Gasteiger charge is 2.48. The Balaban J connectivity index is 2.09. The Labute approximate surface area is 110 Å². The molecule has 0 N–H and O–H groups in total. The monoisotopic (exact) mass is 271 g/mol. The van der Waals surface area contributed by atoms with Crippen LogP contribution < -0.4 is 0 Å². The van der Waals surface area contributed by atoms with E-state index in [4.69, 9.17) is 16.3 Å². The van der Waals surface area contributed by atoms with Crippen LogP contribution in [0.4, 0.5) is 0 Å². The predicted molar refractivity (Wildman–Crippen MR) is 63.5 cm³/mol. The number of ether oxygens (including phenoxy) is 1. The van der Waals surface area contributed by atoms with Gasteiger partial charge in [-0.15, -0.1) is 0 Å². The first-order valence-electron chi connectivity index (χ1n) is 5.90. The van der Waals surface area contributed by atoms with E-state index in [0.29, 0.717) is 17.9 Å². The zero-order valence-corrected chi connectivity index (χ0v) is 10.8. The van der Waals surface area contributed by atoms with E-state index in [1.807, 2.05) is 0 Å². The second-order valence-electron chi connectivity index (χ2n) is 4.37. The highest BCUT2D eigenvalue weighted by atomic mass is 35.5. The molecule has 98 valence electrons. The number of carbonyl (C=O) groups excluding carboxylic acids is 3. The fourth-order valence-electron chi connectivity index (χ4n) is 2.39. The van der Waals surface area contributed by atoms with Crippen LogP contribution in [0.3, 0.4) is 0 Å². The molecule has 0 spiro atoms. The third-order valence-electron chi connectivity index (χ3n) is 3.25. The second kappa shape index (κ2) is 5.10. The molecule has 0 saturated carbocycles. The topological polar surface area (TPSA) is 63.7 Å². The number of rotatable bonds is 3. The van der Waals surface area contributed by atoms with Gasteiger partial charge in [0.15, 0.2) is 0 Å². The first-order chi connectivity index (χ1) is 8.54. The van der Waals surface area contributed by atoms with Crippen molar-refractivity contribution in [2.75, 3.05) is 13.2 Å². The van der Waals surface area contributed by atoms with Crippen LogP contribution in [0.2, 0.25) is 0 Å². The average Bonchev–Trinajstić information content (AvgIpc) is 2.55. The average molecular weight is 272 g/mol. The molecule has 1 aliphatic heterocycles. The maximum atomic E-state index is 12.0. The summed E-state index contributed by atoms with van der Waals surface area (Å²) in [4.78, 5) is 36.4. The molecular weight excluding hydrogens is 258 g/mol. The van der Waals surface area contributed by atoms with E-state index in [9.17, 15) is 14.4 Å². The summed E-state index contributed by atoms with van der Waals surface area (Å²) in [6.07, 6.45) is 2.62. The standard InChI is InChI=1S/C12H14ClNO4/c1-2-18-10(15)6-14-11(16)8-4-3-7(13)5-9(8)12(14)17/h3,8-9H,2,4-6H2,1H3/t8-,9-/m1/s1. The largest absolute Gasteiger partial charge is 0.465 e. The van der Waals surface area contributed by atoms with Gasteiger partial charge in [-0.1, -0.05) is 17.7 Å². The molecule has 5 nitrogen and oxygen atoms in total. The number of fused-ring (bicyclic) bond motifs is 1. The van der Waals surface area contributed by atoms with E-state index in [1.54, 1.807) is 13.0 Å². The van der Waals surface area contributed by atoms with Gasteiger partial charge in [0.2, 0.25) is 11.8 Å². The maximum absolute atomic E-state index is 12.0. The number of likely N-dealkylation sites (tertiary alicyclic amines) is 1. The normalized spacial score (nSPS) is 27.0. The number of carbonyl (C=O) groups is 3. The molecule has 1 fully saturated rings. The van der Waals surface area contributed by atoms with E-state index in [1.165, 1.54) is 0 Å². The van der Waals surface area contributed by atoms with Crippen molar-refractivity contribution in [3.05, 3.63) is 11.1 Å². The number of allylic oxidation sites excluding steroid dienone is 2. The van der Waals surface area contributed by atoms with Crippen molar-refractivity contribution >= 4 is 29.4 Å². The van der Waals surface area contributed by atoms with Gasteiger partial charge in [-0.2, -0.15) is 0 Å². The molecule has 1 heterocycles. The molecule has 6 heteroatoms. The Morgan fingerprint density at radius 2 is 2.11 bits per heavy atom. The van der Waals surface area contributed by atoms with Crippen LogP contribution in [0, 0.1) is 11.8 Å². The number of hydrogen-bond acceptors (Lipinski definition) is 4. The molecule has 0 aromatic heterocycles. The molecule has 2 atom stereocenters. The van der Waals surface area contributed by atoms with Crippen LogP contribution in [0.5, 0.6) is 0 Å². The summed E-state index contributed by atoms with van der Waals surface area (Å²) in [6.45, 7) is 1.61. The van der Waals surface area contributed by atoms with Crippen molar-refractivity contribution < 1.29 is 19.1 Å². The van der Waals surface area contributed by atoms with E-state index < -0.39 is 11.9 Å². The molecule has 2 aliphatic rings. The van der Waals surface area contributed by atoms with E-state index in [-0.39, 0.29) is 30.9 Å². The Hall–Kier alpha value is -1.36. The lowest BCUT2D eigenvalue weighted by molar-refractivity contribution is -0.152. The lowest BCUT2D eigenvalue weighted by atomic mass is 9.85. The van der Waals surface area contributed by atoms with E-state index >= 15 is 0 Å². The first-order valence-corrected chi connectivity index (χ1v) is 6.27. The molecule has 0 bridgehead atoms. The zero-order chi connectivity index (χ0) is 13.3. The third-order valence-corrected chi connectivity index (χ3v) is 3.56. The quantitative estimate of drug-likeness (QED) is 0.569. The van der Waals surface area contributed by atoms with Gasteiger partial charge in [-0.05, 0) is 19.8 Å². The minimum Gasteiger partial charge on any atom is -0.465 e. The Morgan fingerprint density at radius 3 is 2.78 bits per heavy atom. The van der Waals surface area contributed by atoms with Gasteiger partial charge in [0.1, 0.15) is 6.54 Å². The fourth-order valence-corrected chi connectivity index (χ4v) is 2.64. The number of nitrogens with zero attached hydrogens (tertiary/aromatic N) is 1. The van der Waals surface area contributed by atoms with Gasteiger partial charge in [0.05, 0.1) is 18.4 Å². The highest BCUT2D eigenvalue weighted by Crippen LogP contribution is 2.38. The minimum absolute atomic E-state index is 0.231. The molecule has 1 saturated heterocycles. The van der Waals surface area contributed by atoms with Crippen LogP contribution in [-0.4, -0.2) is 35.8 Å². The molecular formula is C12H14ClNO4. The van der Waals surface area contributed by atoms with Gasteiger partial charge in [0, 0.05) is 5.03 Å². The van der Waals surface area contributed by atoms with Gasteiger partial charge >= 0.3 is 5.97 Å². The van der Waals surface area contributed by atoms with Gasteiger partial charge in [-0.3, -0.25) is 19.3 Å². The molecule has 2 amide bonds. The number of amides is 2. The van der Waals surface area contributed by atoms with Crippen LogP contribution in [0.1, 0.15) is 19.8 Å². The molecule has 0 aromatic carbocycles. The number of halogens is 1. The van der Waals surface area contributed by atoms with Gasteiger partial charge in [0.25, 0.3) is 0 Å². The lowest BCUT2D eigenvalue weighted by Gasteiger charge is -2.17. The summed E-state index contributed by atoms with van der Waals surface area (Å²) in [5.41, 5.74) is 0. The van der Waals surface area contributed by atoms with E-state index in [0.717, 1.165) is 4.90 Å². The van der Waals surface area contributed by atoms with Crippen molar-refractivity contribution in [1.82, 2.24) is 4.90 Å². The van der Waals surface area contributed by atoms with Crippen molar-refractivity contribution in [2.24, 2.45) is 11.8 Å². The highest BCUT2D eigenvalue weighted by molar-refractivity contribution is 6.30. The van der Waals surface area contributed by atoms with Crippen LogP contribution in [-0.2, 0) is 19.1 Å². The van der Waals surface area contributed by atoms with Crippen LogP contribution in [0.15, 0.2) is 11.1 Å². The zero-order valence-electron chi connectivity index (χ0n) is 10.0. The van der Waals surface area contributed by atoms with Crippen molar-refractivity contribution in [1.29, 1.82) is 0 Å². The van der Waals surface area contributed by atoms with Crippen molar-refractivity contribution in [3.63, 3.8) is 0 Å². The predicted octanol–water partition coefficient (Wildman–Crippen LogP) is 1.07.